The first-order valence-corrected chi connectivity index (χ1v) is 6.81. The standard InChI is InChI=1S/C13H25N3O2/c1-9-6-16(8-13(2,3)18-9)7-11(12(14)17)15-10-4-5-10/h9-11,15H,4-8H2,1-3H3,(H2,14,17). The van der Waals surface area contributed by atoms with E-state index in [9.17, 15) is 4.79 Å². The van der Waals surface area contributed by atoms with E-state index in [2.05, 4.69) is 31.0 Å². The van der Waals surface area contributed by atoms with Crippen molar-refractivity contribution in [1.82, 2.24) is 10.2 Å². The summed E-state index contributed by atoms with van der Waals surface area (Å²) in [5.74, 6) is -0.251. The first kappa shape index (κ1) is 13.8. The molecule has 18 heavy (non-hydrogen) atoms. The van der Waals surface area contributed by atoms with Crippen LogP contribution in [0.15, 0.2) is 0 Å². The van der Waals surface area contributed by atoms with Gasteiger partial charge in [0.15, 0.2) is 0 Å². The molecule has 5 heteroatoms. The van der Waals surface area contributed by atoms with Crippen LogP contribution in [-0.4, -0.2) is 54.2 Å². The van der Waals surface area contributed by atoms with Crippen LogP contribution in [0, 0.1) is 0 Å². The van der Waals surface area contributed by atoms with E-state index in [1.165, 1.54) is 0 Å². The molecular formula is C13H25N3O2. The summed E-state index contributed by atoms with van der Waals surface area (Å²) in [6.07, 6.45) is 2.52. The second-order valence-electron chi connectivity index (χ2n) is 6.28. The third kappa shape index (κ3) is 3.93. The van der Waals surface area contributed by atoms with Crippen LogP contribution in [0.2, 0.25) is 0 Å². The van der Waals surface area contributed by atoms with E-state index < -0.39 is 0 Å². The fraction of sp³-hybridized carbons (Fsp3) is 0.923. The molecule has 2 aliphatic rings. The Morgan fingerprint density at radius 2 is 2.22 bits per heavy atom. The van der Waals surface area contributed by atoms with Gasteiger partial charge in [-0.15, -0.1) is 0 Å². The molecule has 1 aliphatic heterocycles. The highest BCUT2D eigenvalue weighted by atomic mass is 16.5. The number of hydrogen-bond acceptors (Lipinski definition) is 4. The van der Waals surface area contributed by atoms with Gasteiger partial charge < -0.3 is 15.8 Å². The lowest BCUT2D eigenvalue weighted by Crippen LogP contribution is -2.57. The number of rotatable bonds is 5. The van der Waals surface area contributed by atoms with Gasteiger partial charge in [0, 0.05) is 25.7 Å². The summed E-state index contributed by atoms with van der Waals surface area (Å²) in [4.78, 5) is 13.8. The molecule has 1 heterocycles. The molecule has 2 rings (SSSR count). The van der Waals surface area contributed by atoms with Crippen LogP contribution in [0.1, 0.15) is 33.6 Å². The van der Waals surface area contributed by atoms with Gasteiger partial charge in [0.2, 0.25) is 5.91 Å². The van der Waals surface area contributed by atoms with Crippen molar-refractivity contribution in [2.45, 2.75) is 57.4 Å². The molecule has 1 aliphatic carbocycles. The summed E-state index contributed by atoms with van der Waals surface area (Å²) in [5.41, 5.74) is 5.32. The summed E-state index contributed by atoms with van der Waals surface area (Å²) in [5, 5.41) is 3.32. The van der Waals surface area contributed by atoms with E-state index in [4.69, 9.17) is 10.5 Å². The molecule has 2 atom stereocenters. The van der Waals surface area contributed by atoms with Crippen molar-refractivity contribution in [3.63, 3.8) is 0 Å². The summed E-state index contributed by atoms with van der Waals surface area (Å²) >= 11 is 0. The summed E-state index contributed by atoms with van der Waals surface area (Å²) < 4.78 is 5.86. The predicted molar refractivity (Wildman–Crippen MR) is 70.2 cm³/mol. The van der Waals surface area contributed by atoms with Gasteiger partial charge in [0.25, 0.3) is 0 Å². The van der Waals surface area contributed by atoms with Crippen molar-refractivity contribution >= 4 is 5.91 Å². The predicted octanol–water partition coefficient (Wildman–Crippen LogP) is 0.0916. The van der Waals surface area contributed by atoms with Crippen LogP contribution in [0.25, 0.3) is 0 Å². The summed E-state index contributed by atoms with van der Waals surface area (Å²) in [6.45, 7) is 8.63. The third-order valence-electron chi connectivity index (χ3n) is 3.44. The zero-order chi connectivity index (χ0) is 13.3. The number of carbonyl (C=O) groups excluding carboxylic acids is 1. The minimum Gasteiger partial charge on any atom is -0.370 e. The van der Waals surface area contributed by atoms with Crippen LogP contribution < -0.4 is 11.1 Å². The van der Waals surface area contributed by atoms with E-state index in [0.29, 0.717) is 12.6 Å². The quantitative estimate of drug-likeness (QED) is 0.731. The Morgan fingerprint density at radius 1 is 1.56 bits per heavy atom. The molecule has 2 unspecified atom stereocenters. The van der Waals surface area contributed by atoms with Gasteiger partial charge in [0.1, 0.15) is 0 Å². The fourth-order valence-corrected chi connectivity index (χ4v) is 2.74. The molecule has 0 radical (unpaired) electrons. The van der Waals surface area contributed by atoms with Gasteiger partial charge in [0.05, 0.1) is 17.7 Å². The maximum Gasteiger partial charge on any atom is 0.235 e. The number of morpholine rings is 1. The molecule has 0 aromatic carbocycles. The van der Waals surface area contributed by atoms with Crippen LogP contribution in [-0.2, 0) is 9.53 Å². The molecule has 2 fully saturated rings. The number of amides is 1. The van der Waals surface area contributed by atoms with Gasteiger partial charge in [-0.3, -0.25) is 9.69 Å². The minimum atomic E-state index is -0.251. The number of hydrogen-bond donors (Lipinski definition) is 2. The second-order valence-corrected chi connectivity index (χ2v) is 6.28. The van der Waals surface area contributed by atoms with Crippen LogP contribution in [0.4, 0.5) is 0 Å². The molecule has 3 N–H and O–H groups in total. The Hall–Kier alpha value is -0.650. The lowest BCUT2D eigenvalue weighted by atomic mass is 10.0. The Kier molecular flexibility index (Phi) is 3.94. The monoisotopic (exact) mass is 255 g/mol. The topological polar surface area (TPSA) is 67.6 Å². The maximum atomic E-state index is 11.5. The van der Waals surface area contributed by atoms with Crippen LogP contribution in [0.5, 0.6) is 0 Å². The van der Waals surface area contributed by atoms with Gasteiger partial charge in [-0.2, -0.15) is 0 Å². The fourth-order valence-electron chi connectivity index (χ4n) is 2.74. The smallest absolute Gasteiger partial charge is 0.235 e. The molecule has 0 spiro atoms. The highest BCUT2D eigenvalue weighted by Gasteiger charge is 2.34. The molecule has 104 valence electrons. The van der Waals surface area contributed by atoms with E-state index in [-0.39, 0.29) is 23.7 Å². The van der Waals surface area contributed by atoms with E-state index in [1.807, 2.05) is 0 Å². The largest absolute Gasteiger partial charge is 0.370 e. The minimum absolute atomic E-state index is 0.153. The Bertz CT molecular complexity index is 315. The number of nitrogens with zero attached hydrogens (tertiary/aromatic N) is 1. The number of primary amides is 1. The van der Waals surface area contributed by atoms with E-state index in [1.54, 1.807) is 0 Å². The molecular weight excluding hydrogens is 230 g/mol. The SMILES string of the molecule is CC1CN(CC(NC2CC2)C(N)=O)CC(C)(C)O1. The molecule has 1 amide bonds. The molecule has 0 aromatic rings. The van der Waals surface area contributed by atoms with Gasteiger partial charge in [-0.1, -0.05) is 0 Å². The third-order valence-corrected chi connectivity index (χ3v) is 3.44. The molecule has 5 nitrogen and oxygen atoms in total. The average Bonchev–Trinajstić information content (AvgIpc) is 2.96. The zero-order valence-electron chi connectivity index (χ0n) is 11.6. The highest BCUT2D eigenvalue weighted by Crippen LogP contribution is 2.22. The lowest BCUT2D eigenvalue weighted by molar-refractivity contribution is -0.134. The zero-order valence-corrected chi connectivity index (χ0v) is 11.6. The number of nitrogens with one attached hydrogen (secondary N) is 1. The van der Waals surface area contributed by atoms with E-state index in [0.717, 1.165) is 25.9 Å². The van der Waals surface area contributed by atoms with Crippen molar-refractivity contribution < 1.29 is 9.53 Å². The van der Waals surface area contributed by atoms with Crippen molar-refractivity contribution in [2.75, 3.05) is 19.6 Å². The van der Waals surface area contributed by atoms with Crippen molar-refractivity contribution in [1.29, 1.82) is 0 Å². The molecule has 0 aromatic heterocycles. The maximum absolute atomic E-state index is 11.5. The molecule has 1 saturated heterocycles. The van der Waals surface area contributed by atoms with Gasteiger partial charge >= 0.3 is 0 Å². The lowest BCUT2D eigenvalue weighted by Gasteiger charge is -2.42. The second kappa shape index (κ2) is 5.15. The van der Waals surface area contributed by atoms with Gasteiger partial charge in [-0.05, 0) is 33.6 Å². The molecule has 1 saturated carbocycles. The first-order chi connectivity index (χ1) is 8.35. The summed E-state index contributed by atoms with van der Waals surface area (Å²) in [7, 11) is 0. The number of nitrogens with two attached hydrogens (primary N) is 1. The normalized spacial score (nSPS) is 30.1. The molecule has 0 bridgehead atoms. The summed E-state index contributed by atoms with van der Waals surface area (Å²) in [6, 6.07) is 0.257. The Balaban J connectivity index is 1.90. The number of ether oxygens (including phenoxy) is 1. The van der Waals surface area contributed by atoms with Crippen molar-refractivity contribution in [3.05, 3.63) is 0 Å². The van der Waals surface area contributed by atoms with Crippen LogP contribution in [0.3, 0.4) is 0 Å². The van der Waals surface area contributed by atoms with Crippen LogP contribution >= 0.6 is 0 Å². The highest BCUT2D eigenvalue weighted by molar-refractivity contribution is 5.80. The Labute approximate surface area is 109 Å². The van der Waals surface area contributed by atoms with Crippen molar-refractivity contribution in [2.24, 2.45) is 5.73 Å². The van der Waals surface area contributed by atoms with Gasteiger partial charge in [-0.25, -0.2) is 0 Å². The number of carbonyl (C=O) groups is 1. The Morgan fingerprint density at radius 3 is 2.72 bits per heavy atom. The average molecular weight is 255 g/mol. The van der Waals surface area contributed by atoms with Crippen molar-refractivity contribution in [3.8, 4) is 0 Å². The van der Waals surface area contributed by atoms with E-state index >= 15 is 0 Å². The first-order valence-electron chi connectivity index (χ1n) is 6.81.